The van der Waals surface area contributed by atoms with Gasteiger partial charge in [0.15, 0.2) is 0 Å². The van der Waals surface area contributed by atoms with Crippen molar-refractivity contribution in [2.24, 2.45) is 0 Å². The summed E-state index contributed by atoms with van der Waals surface area (Å²) in [5.41, 5.74) is 3.15. The molecule has 0 aliphatic heterocycles. The van der Waals surface area contributed by atoms with E-state index in [2.05, 4.69) is 9.82 Å². The molecule has 2 aromatic carbocycles. The van der Waals surface area contributed by atoms with Gasteiger partial charge in [0, 0.05) is 0 Å². The summed E-state index contributed by atoms with van der Waals surface area (Å²) in [6.07, 6.45) is 1.55. The van der Waals surface area contributed by atoms with Gasteiger partial charge in [-0.25, -0.2) is 13.1 Å². The minimum atomic E-state index is -3.48. The molecule has 1 aromatic heterocycles. The monoisotopic (exact) mass is 355 g/mol. The van der Waals surface area contributed by atoms with Gasteiger partial charge in [-0.2, -0.15) is 5.10 Å². The molecule has 0 amide bonds. The van der Waals surface area contributed by atoms with Gasteiger partial charge in [-0.15, -0.1) is 0 Å². The number of rotatable bonds is 6. The van der Waals surface area contributed by atoms with Gasteiger partial charge >= 0.3 is 0 Å². The topological polar surface area (TPSA) is 64.0 Å². The largest absolute Gasteiger partial charge is 0.280 e. The van der Waals surface area contributed by atoms with Crippen LogP contribution in [0.15, 0.2) is 66.9 Å². The Labute approximate surface area is 148 Å². The van der Waals surface area contributed by atoms with E-state index in [-0.39, 0.29) is 11.7 Å². The molecule has 0 radical (unpaired) electrons. The second-order valence-corrected chi connectivity index (χ2v) is 7.85. The summed E-state index contributed by atoms with van der Waals surface area (Å²) in [7, 11) is -3.48. The van der Waals surface area contributed by atoms with Gasteiger partial charge in [-0.3, -0.25) is 4.72 Å². The summed E-state index contributed by atoms with van der Waals surface area (Å²) >= 11 is 0. The molecular formula is C19H21N3O2S. The molecule has 6 heteroatoms. The second-order valence-electron chi connectivity index (χ2n) is 6.09. The van der Waals surface area contributed by atoms with Crippen LogP contribution in [0, 0.1) is 6.92 Å². The smallest absolute Gasteiger partial charge is 0.233 e. The fraction of sp³-hybridized carbons (Fsp3) is 0.211. The van der Waals surface area contributed by atoms with Crippen LogP contribution in [-0.2, 0) is 10.0 Å². The van der Waals surface area contributed by atoms with Crippen LogP contribution in [0.25, 0.3) is 5.69 Å². The number of para-hydroxylation sites is 1. The summed E-state index contributed by atoms with van der Waals surface area (Å²) in [6.45, 7) is 3.76. The maximum atomic E-state index is 12.5. The first-order valence-corrected chi connectivity index (χ1v) is 9.77. The van der Waals surface area contributed by atoms with Crippen molar-refractivity contribution in [2.75, 3.05) is 10.5 Å². The molecule has 0 fully saturated rings. The van der Waals surface area contributed by atoms with Crippen molar-refractivity contribution in [3.63, 3.8) is 0 Å². The quantitative estimate of drug-likeness (QED) is 0.733. The summed E-state index contributed by atoms with van der Waals surface area (Å²) in [5, 5.41) is 4.30. The van der Waals surface area contributed by atoms with Gasteiger partial charge < -0.3 is 0 Å². The maximum absolute atomic E-state index is 12.5. The van der Waals surface area contributed by atoms with Crippen LogP contribution in [0.3, 0.4) is 0 Å². The number of sulfonamides is 1. The van der Waals surface area contributed by atoms with E-state index < -0.39 is 10.0 Å². The molecule has 0 aliphatic rings. The van der Waals surface area contributed by atoms with E-state index in [1.54, 1.807) is 10.9 Å². The summed E-state index contributed by atoms with van der Waals surface area (Å²) in [4.78, 5) is 0. The van der Waals surface area contributed by atoms with Crippen LogP contribution >= 0.6 is 0 Å². The lowest BCUT2D eigenvalue weighted by atomic mass is 10.0. The predicted molar refractivity (Wildman–Crippen MR) is 101 cm³/mol. The lowest BCUT2D eigenvalue weighted by molar-refractivity contribution is 0.595. The van der Waals surface area contributed by atoms with Gasteiger partial charge in [0.1, 0.15) is 0 Å². The standard InChI is InChI=1S/C19H21N3O2S/c1-15(17-9-5-3-6-10-17)14-25(23,24)21-19-13-20-22(16(19)2)18-11-7-4-8-12-18/h3-13,15,21H,14H2,1-2H3/t15-/m0/s1. The Bertz CT molecular complexity index is 935. The lowest BCUT2D eigenvalue weighted by Gasteiger charge is -2.14. The SMILES string of the molecule is Cc1c(NS(=O)(=O)C[C@H](C)c2ccccc2)cnn1-c1ccccc1. The van der Waals surface area contributed by atoms with Crippen molar-refractivity contribution >= 4 is 15.7 Å². The number of hydrogen-bond acceptors (Lipinski definition) is 3. The molecule has 130 valence electrons. The first-order chi connectivity index (χ1) is 12.0. The van der Waals surface area contributed by atoms with Crippen LogP contribution in [0.2, 0.25) is 0 Å². The summed E-state index contributed by atoms with van der Waals surface area (Å²) in [6, 6.07) is 19.3. The van der Waals surface area contributed by atoms with Crippen molar-refractivity contribution in [2.45, 2.75) is 19.8 Å². The number of nitrogens with one attached hydrogen (secondary N) is 1. The highest BCUT2D eigenvalue weighted by Gasteiger charge is 2.19. The molecule has 3 aromatic rings. The number of benzene rings is 2. The zero-order valence-corrected chi connectivity index (χ0v) is 15.1. The van der Waals surface area contributed by atoms with Crippen molar-refractivity contribution in [1.29, 1.82) is 0 Å². The third kappa shape index (κ3) is 4.09. The third-order valence-corrected chi connectivity index (χ3v) is 5.58. The van der Waals surface area contributed by atoms with Gasteiger partial charge in [0.25, 0.3) is 0 Å². The van der Waals surface area contributed by atoms with Crippen molar-refractivity contribution in [3.05, 3.63) is 78.1 Å². The van der Waals surface area contributed by atoms with Gasteiger partial charge in [-0.05, 0) is 30.5 Å². The molecular weight excluding hydrogens is 334 g/mol. The number of nitrogens with zero attached hydrogens (tertiary/aromatic N) is 2. The Kier molecular flexibility index (Phi) is 4.90. The van der Waals surface area contributed by atoms with Gasteiger partial charge in [0.2, 0.25) is 10.0 Å². The Morgan fingerprint density at radius 1 is 1.04 bits per heavy atom. The number of aromatic nitrogens is 2. The van der Waals surface area contributed by atoms with Gasteiger partial charge in [-0.1, -0.05) is 55.5 Å². The highest BCUT2D eigenvalue weighted by molar-refractivity contribution is 7.92. The Balaban J connectivity index is 1.77. The highest BCUT2D eigenvalue weighted by atomic mass is 32.2. The van der Waals surface area contributed by atoms with E-state index in [1.807, 2.05) is 74.5 Å². The lowest BCUT2D eigenvalue weighted by Crippen LogP contribution is -2.20. The Morgan fingerprint density at radius 2 is 1.64 bits per heavy atom. The Morgan fingerprint density at radius 3 is 2.28 bits per heavy atom. The molecule has 1 N–H and O–H groups in total. The van der Waals surface area contributed by atoms with Crippen molar-refractivity contribution in [1.82, 2.24) is 9.78 Å². The van der Waals surface area contributed by atoms with Crippen LogP contribution in [0.1, 0.15) is 24.1 Å². The number of anilines is 1. The first-order valence-electron chi connectivity index (χ1n) is 8.12. The predicted octanol–water partition coefficient (Wildman–Crippen LogP) is 3.73. The molecule has 25 heavy (non-hydrogen) atoms. The zero-order valence-electron chi connectivity index (χ0n) is 14.3. The van der Waals surface area contributed by atoms with Crippen molar-refractivity contribution < 1.29 is 8.42 Å². The molecule has 1 heterocycles. The van der Waals surface area contributed by atoms with E-state index in [9.17, 15) is 8.42 Å². The number of hydrogen-bond donors (Lipinski definition) is 1. The van der Waals surface area contributed by atoms with E-state index in [1.165, 1.54) is 0 Å². The zero-order chi connectivity index (χ0) is 17.9. The summed E-state index contributed by atoms with van der Waals surface area (Å²) in [5.74, 6) is -0.0735. The molecule has 3 rings (SSSR count). The molecule has 0 unspecified atom stereocenters. The van der Waals surface area contributed by atoms with E-state index >= 15 is 0 Å². The van der Waals surface area contributed by atoms with E-state index in [0.29, 0.717) is 5.69 Å². The highest BCUT2D eigenvalue weighted by Crippen LogP contribution is 2.22. The minimum Gasteiger partial charge on any atom is -0.280 e. The van der Waals surface area contributed by atoms with E-state index in [0.717, 1.165) is 16.9 Å². The molecule has 0 bridgehead atoms. The van der Waals surface area contributed by atoms with Crippen LogP contribution in [0.4, 0.5) is 5.69 Å². The average molecular weight is 355 g/mol. The fourth-order valence-corrected chi connectivity index (χ4v) is 4.22. The van der Waals surface area contributed by atoms with Crippen LogP contribution in [-0.4, -0.2) is 24.0 Å². The first kappa shape index (κ1) is 17.2. The molecule has 0 saturated heterocycles. The van der Waals surface area contributed by atoms with Crippen molar-refractivity contribution in [3.8, 4) is 5.69 Å². The fourth-order valence-electron chi connectivity index (χ4n) is 2.76. The van der Waals surface area contributed by atoms with Crippen LogP contribution in [0.5, 0.6) is 0 Å². The molecule has 5 nitrogen and oxygen atoms in total. The van der Waals surface area contributed by atoms with E-state index in [4.69, 9.17) is 0 Å². The molecule has 0 spiro atoms. The molecule has 0 aliphatic carbocycles. The van der Waals surface area contributed by atoms with Crippen LogP contribution < -0.4 is 4.72 Å². The Hall–Kier alpha value is -2.60. The summed E-state index contributed by atoms with van der Waals surface area (Å²) < 4.78 is 29.5. The maximum Gasteiger partial charge on any atom is 0.233 e. The second kappa shape index (κ2) is 7.11. The average Bonchev–Trinajstić information content (AvgIpc) is 2.96. The molecule has 0 saturated carbocycles. The minimum absolute atomic E-state index is 0.0208. The normalized spacial score (nSPS) is 12.7. The van der Waals surface area contributed by atoms with Gasteiger partial charge in [0.05, 0.1) is 29.0 Å². The third-order valence-electron chi connectivity index (χ3n) is 4.11. The molecule has 1 atom stereocenters.